The number of rotatable bonds is 6. The van der Waals surface area contributed by atoms with Crippen LogP contribution >= 0.6 is 0 Å². The Bertz CT molecular complexity index is 552. The van der Waals surface area contributed by atoms with Crippen LogP contribution in [0.5, 0.6) is 11.5 Å². The molecular formula is C17H24N2O4. The standard InChI is InChI=1S/C17H24N2O4/c1-22-15-5-3-14(13-16(15)23-2)4-6-17(21)19-9-7-18(8-10-19)11-12-20/h3-6,13,20H,7-12H2,1-2H3/b6-4+. The number of amides is 1. The van der Waals surface area contributed by atoms with E-state index in [0.717, 1.165) is 18.7 Å². The van der Waals surface area contributed by atoms with Gasteiger partial charge in [0.05, 0.1) is 20.8 Å². The van der Waals surface area contributed by atoms with Crippen LogP contribution in [0.3, 0.4) is 0 Å². The fourth-order valence-electron chi connectivity index (χ4n) is 2.56. The van der Waals surface area contributed by atoms with Crippen molar-refractivity contribution in [3.8, 4) is 11.5 Å². The Labute approximate surface area is 136 Å². The number of ether oxygens (including phenoxy) is 2. The lowest BCUT2D eigenvalue weighted by molar-refractivity contribution is -0.127. The van der Waals surface area contributed by atoms with Crippen LogP contribution in [0.15, 0.2) is 24.3 Å². The molecule has 0 aromatic heterocycles. The fourth-order valence-corrected chi connectivity index (χ4v) is 2.56. The number of piperazine rings is 1. The quantitative estimate of drug-likeness (QED) is 0.788. The summed E-state index contributed by atoms with van der Waals surface area (Å²) in [4.78, 5) is 16.2. The maximum absolute atomic E-state index is 12.2. The van der Waals surface area contributed by atoms with Crippen molar-refractivity contribution in [2.45, 2.75) is 0 Å². The normalized spacial score (nSPS) is 15.9. The Hall–Kier alpha value is -2.05. The molecule has 0 bridgehead atoms. The van der Waals surface area contributed by atoms with Gasteiger partial charge in [0.25, 0.3) is 0 Å². The van der Waals surface area contributed by atoms with Crippen molar-refractivity contribution in [2.24, 2.45) is 0 Å². The van der Waals surface area contributed by atoms with E-state index in [-0.39, 0.29) is 12.5 Å². The Morgan fingerprint density at radius 3 is 2.48 bits per heavy atom. The first-order valence-corrected chi connectivity index (χ1v) is 7.70. The molecule has 1 heterocycles. The molecule has 1 aliphatic rings. The summed E-state index contributed by atoms with van der Waals surface area (Å²) in [6.07, 6.45) is 3.37. The number of benzene rings is 1. The Morgan fingerprint density at radius 2 is 1.87 bits per heavy atom. The molecular weight excluding hydrogens is 296 g/mol. The van der Waals surface area contributed by atoms with Gasteiger partial charge in [-0.1, -0.05) is 6.07 Å². The Balaban J connectivity index is 1.94. The minimum absolute atomic E-state index is 0.00318. The highest BCUT2D eigenvalue weighted by Crippen LogP contribution is 2.27. The summed E-state index contributed by atoms with van der Waals surface area (Å²) < 4.78 is 10.4. The lowest BCUT2D eigenvalue weighted by Gasteiger charge is -2.33. The van der Waals surface area contributed by atoms with Crippen LogP contribution in [0.2, 0.25) is 0 Å². The number of carbonyl (C=O) groups excluding carboxylic acids is 1. The van der Waals surface area contributed by atoms with Gasteiger partial charge in [0.2, 0.25) is 5.91 Å². The Morgan fingerprint density at radius 1 is 1.17 bits per heavy atom. The van der Waals surface area contributed by atoms with Crippen LogP contribution in [0.4, 0.5) is 0 Å². The molecule has 1 fully saturated rings. The second kappa shape index (κ2) is 8.55. The van der Waals surface area contributed by atoms with E-state index in [0.29, 0.717) is 31.1 Å². The van der Waals surface area contributed by atoms with Crippen LogP contribution in [0.25, 0.3) is 6.08 Å². The van der Waals surface area contributed by atoms with Crippen LogP contribution in [-0.2, 0) is 4.79 Å². The summed E-state index contributed by atoms with van der Waals surface area (Å²) in [5, 5.41) is 8.93. The van der Waals surface area contributed by atoms with Crippen molar-refractivity contribution in [2.75, 3.05) is 53.6 Å². The molecule has 0 unspecified atom stereocenters. The van der Waals surface area contributed by atoms with Gasteiger partial charge >= 0.3 is 0 Å². The number of carbonyl (C=O) groups is 1. The first-order chi connectivity index (χ1) is 11.2. The molecule has 23 heavy (non-hydrogen) atoms. The Kier molecular flexibility index (Phi) is 6.43. The maximum atomic E-state index is 12.2. The highest BCUT2D eigenvalue weighted by atomic mass is 16.5. The van der Waals surface area contributed by atoms with E-state index in [1.165, 1.54) is 0 Å². The van der Waals surface area contributed by atoms with Gasteiger partial charge in [-0.25, -0.2) is 0 Å². The predicted molar refractivity (Wildman–Crippen MR) is 88.7 cm³/mol. The minimum Gasteiger partial charge on any atom is -0.493 e. The zero-order valence-electron chi connectivity index (χ0n) is 13.7. The van der Waals surface area contributed by atoms with E-state index in [4.69, 9.17) is 14.6 Å². The third-order valence-electron chi connectivity index (χ3n) is 3.93. The van der Waals surface area contributed by atoms with Crippen molar-refractivity contribution < 1.29 is 19.4 Å². The smallest absolute Gasteiger partial charge is 0.246 e. The van der Waals surface area contributed by atoms with E-state index >= 15 is 0 Å². The molecule has 2 rings (SSSR count). The number of aliphatic hydroxyl groups excluding tert-OH is 1. The zero-order chi connectivity index (χ0) is 16.7. The molecule has 0 radical (unpaired) electrons. The molecule has 0 spiro atoms. The second-order valence-corrected chi connectivity index (χ2v) is 5.34. The summed E-state index contributed by atoms with van der Waals surface area (Å²) in [5.41, 5.74) is 0.884. The van der Waals surface area contributed by atoms with Gasteiger partial charge in [-0.15, -0.1) is 0 Å². The van der Waals surface area contributed by atoms with Crippen molar-refractivity contribution in [3.63, 3.8) is 0 Å². The first-order valence-electron chi connectivity index (χ1n) is 7.70. The van der Waals surface area contributed by atoms with E-state index in [1.807, 2.05) is 23.1 Å². The van der Waals surface area contributed by atoms with E-state index in [2.05, 4.69) is 4.90 Å². The number of hydrogen-bond acceptors (Lipinski definition) is 5. The maximum Gasteiger partial charge on any atom is 0.246 e. The van der Waals surface area contributed by atoms with Gasteiger partial charge < -0.3 is 19.5 Å². The van der Waals surface area contributed by atoms with Crippen molar-refractivity contribution in [1.29, 1.82) is 0 Å². The van der Waals surface area contributed by atoms with Gasteiger partial charge in [-0.05, 0) is 23.8 Å². The third kappa shape index (κ3) is 4.71. The number of nitrogens with zero attached hydrogens (tertiary/aromatic N) is 2. The zero-order valence-corrected chi connectivity index (χ0v) is 13.7. The van der Waals surface area contributed by atoms with Crippen molar-refractivity contribution in [3.05, 3.63) is 29.8 Å². The molecule has 1 aliphatic heterocycles. The molecule has 1 aromatic rings. The molecule has 0 aliphatic carbocycles. The van der Waals surface area contributed by atoms with Gasteiger partial charge in [0.1, 0.15) is 0 Å². The summed E-state index contributed by atoms with van der Waals surface area (Å²) in [6, 6.07) is 5.53. The lowest BCUT2D eigenvalue weighted by Crippen LogP contribution is -2.48. The van der Waals surface area contributed by atoms with Crippen LogP contribution in [0, 0.1) is 0 Å². The van der Waals surface area contributed by atoms with Gasteiger partial charge in [0.15, 0.2) is 11.5 Å². The molecule has 1 saturated heterocycles. The monoisotopic (exact) mass is 320 g/mol. The average Bonchev–Trinajstić information content (AvgIpc) is 2.60. The molecule has 1 amide bonds. The molecule has 126 valence electrons. The topological polar surface area (TPSA) is 62.2 Å². The molecule has 1 N–H and O–H groups in total. The summed E-state index contributed by atoms with van der Waals surface area (Å²) in [5.74, 6) is 1.30. The molecule has 6 nitrogen and oxygen atoms in total. The summed E-state index contributed by atoms with van der Waals surface area (Å²) in [6.45, 7) is 3.81. The van der Waals surface area contributed by atoms with Gasteiger partial charge in [-0.3, -0.25) is 9.69 Å². The average molecular weight is 320 g/mol. The SMILES string of the molecule is COc1ccc(/C=C/C(=O)N2CCN(CCO)CC2)cc1OC. The van der Waals surface area contributed by atoms with E-state index in [9.17, 15) is 4.79 Å². The summed E-state index contributed by atoms with van der Waals surface area (Å²) >= 11 is 0. The predicted octanol–water partition coefficient (Wildman–Crippen LogP) is 0.853. The van der Waals surface area contributed by atoms with E-state index in [1.54, 1.807) is 26.4 Å². The van der Waals surface area contributed by atoms with Crippen molar-refractivity contribution >= 4 is 12.0 Å². The highest BCUT2D eigenvalue weighted by Gasteiger charge is 2.18. The van der Waals surface area contributed by atoms with Crippen LogP contribution < -0.4 is 9.47 Å². The summed E-state index contributed by atoms with van der Waals surface area (Å²) in [7, 11) is 3.18. The second-order valence-electron chi connectivity index (χ2n) is 5.34. The fraction of sp³-hybridized carbons (Fsp3) is 0.471. The minimum atomic E-state index is 0.00318. The molecule has 0 saturated carbocycles. The third-order valence-corrected chi connectivity index (χ3v) is 3.93. The van der Waals surface area contributed by atoms with Gasteiger partial charge in [0, 0.05) is 38.8 Å². The number of hydrogen-bond donors (Lipinski definition) is 1. The number of aliphatic hydroxyl groups is 1. The van der Waals surface area contributed by atoms with Gasteiger partial charge in [-0.2, -0.15) is 0 Å². The number of β-amino-alcohol motifs (C(OH)–C–C–N with tert-alkyl or cyclic N) is 1. The lowest BCUT2D eigenvalue weighted by atomic mass is 10.2. The first kappa shape index (κ1) is 17.3. The number of methoxy groups -OCH3 is 2. The highest BCUT2D eigenvalue weighted by molar-refractivity contribution is 5.92. The van der Waals surface area contributed by atoms with E-state index < -0.39 is 0 Å². The van der Waals surface area contributed by atoms with Crippen molar-refractivity contribution in [1.82, 2.24) is 9.80 Å². The molecule has 1 aromatic carbocycles. The van der Waals surface area contributed by atoms with Crippen LogP contribution in [-0.4, -0.2) is 74.4 Å². The molecule has 6 heteroatoms. The largest absolute Gasteiger partial charge is 0.493 e. The van der Waals surface area contributed by atoms with Crippen LogP contribution in [0.1, 0.15) is 5.56 Å². The molecule has 0 atom stereocenters.